The van der Waals surface area contributed by atoms with Gasteiger partial charge in [-0.3, -0.25) is 10.4 Å². The van der Waals surface area contributed by atoms with Crippen LogP contribution >= 0.6 is 0 Å². The first kappa shape index (κ1) is 32.8. The minimum Gasteiger partial charge on any atom is -0.389 e. The lowest BCUT2D eigenvalue weighted by Gasteiger charge is -2.20. The minimum atomic E-state index is 0.725. The molecule has 2 N–H and O–H groups in total. The molecule has 3 aromatic carbocycles. The van der Waals surface area contributed by atoms with Crippen molar-refractivity contribution in [1.82, 2.24) is 15.3 Å². The Morgan fingerprint density at radius 3 is 2.28 bits per heavy atom. The van der Waals surface area contributed by atoms with Gasteiger partial charge < -0.3 is 9.88 Å². The third-order valence-corrected chi connectivity index (χ3v) is 8.70. The highest BCUT2D eigenvalue weighted by Gasteiger charge is 2.33. The van der Waals surface area contributed by atoms with E-state index >= 15 is 0 Å². The van der Waals surface area contributed by atoms with E-state index in [1.807, 2.05) is 0 Å². The Kier molecular flexibility index (Phi) is 11.8. The Morgan fingerprint density at radius 2 is 1.52 bits per heavy atom. The molecule has 0 bridgehead atoms. The van der Waals surface area contributed by atoms with Crippen molar-refractivity contribution in [2.45, 2.75) is 77.7 Å². The number of hydrogen-bond acceptors (Lipinski definition) is 3. The van der Waals surface area contributed by atoms with Crippen molar-refractivity contribution in [3.8, 4) is 34.2 Å². The van der Waals surface area contributed by atoms with Gasteiger partial charge in [0.25, 0.3) is 0 Å². The van der Waals surface area contributed by atoms with E-state index < -0.39 is 0 Å². The molecule has 0 spiro atoms. The van der Waals surface area contributed by atoms with Crippen LogP contribution < -0.4 is 15.8 Å². The second-order valence-electron chi connectivity index (χ2n) is 12.4. The van der Waals surface area contributed by atoms with E-state index in [0.29, 0.717) is 0 Å². The molecule has 0 amide bonds. The molecular formula is C42H50N4. The second kappa shape index (κ2) is 16.6. The van der Waals surface area contributed by atoms with Crippen LogP contribution in [0.1, 0.15) is 87.8 Å². The van der Waals surface area contributed by atoms with E-state index in [1.165, 1.54) is 72.2 Å². The molecule has 0 unspecified atom stereocenters. The van der Waals surface area contributed by atoms with Crippen molar-refractivity contribution in [2.24, 2.45) is 0 Å². The molecule has 4 nitrogen and oxygen atoms in total. The molecule has 4 heteroatoms. The SMILES string of the molecule is C=C(CCCCCCCC)NCCCCC#Cc1cccc(Cn2c(-c3ccccc3)c(-c3ccccc3)c3c2N(C)NC3=C)c1. The normalized spacial score (nSPS) is 12.0. The average molecular weight is 611 g/mol. The molecular weight excluding hydrogens is 560 g/mol. The molecule has 0 aliphatic carbocycles. The summed E-state index contributed by atoms with van der Waals surface area (Å²) in [6.07, 6.45) is 12.2. The van der Waals surface area contributed by atoms with Crippen molar-refractivity contribution in [3.05, 3.63) is 120 Å². The highest BCUT2D eigenvalue weighted by molar-refractivity contribution is 5.99. The zero-order valence-corrected chi connectivity index (χ0v) is 27.9. The molecule has 4 aromatic rings. The largest absolute Gasteiger partial charge is 0.389 e. The number of nitrogens with zero attached hydrogens (tertiary/aromatic N) is 2. The molecule has 2 heterocycles. The first-order valence-corrected chi connectivity index (χ1v) is 17.1. The number of hydrogen-bond donors (Lipinski definition) is 2. The van der Waals surface area contributed by atoms with Crippen LogP contribution in [0.4, 0.5) is 5.82 Å². The number of fused-ring (bicyclic) bond motifs is 1. The molecule has 1 aromatic heterocycles. The Morgan fingerprint density at radius 1 is 0.804 bits per heavy atom. The lowest BCUT2D eigenvalue weighted by Crippen LogP contribution is -2.28. The number of allylic oxidation sites excluding steroid dienone is 1. The van der Waals surface area contributed by atoms with Crippen molar-refractivity contribution >= 4 is 11.5 Å². The second-order valence-corrected chi connectivity index (χ2v) is 12.4. The zero-order chi connectivity index (χ0) is 32.1. The van der Waals surface area contributed by atoms with E-state index in [4.69, 9.17) is 0 Å². The molecule has 238 valence electrons. The minimum absolute atomic E-state index is 0.725. The quantitative estimate of drug-likeness (QED) is 0.0978. The molecule has 46 heavy (non-hydrogen) atoms. The highest BCUT2D eigenvalue weighted by Crippen LogP contribution is 2.47. The van der Waals surface area contributed by atoms with E-state index in [9.17, 15) is 0 Å². The molecule has 0 fully saturated rings. The van der Waals surface area contributed by atoms with Crippen molar-refractivity contribution in [1.29, 1.82) is 0 Å². The van der Waals surface area contributed by atoms with E-state index in [2.05, 4.69) is 144 Å². The average Bonchev–Trinajstić information content (AvgIpc) is 3.57. The van der Waals surface area contributed by atoms with Gasteiger partial charge in [0.2, 0.25) is 0 Å². The number of nitrogens with one attached hydrogen (secondary N) is 2. The summed E-state index contributed by atoms with van der Waals surface area (Å²) in [7, 11) is 2.07. The predicted octanol–water partition coefficient (Wildman–Crippen LogP) is 10.2. The summed E-state index contributed by atoms with van der Waals surface area (Å²) in [5.41, 5.74) is 13.8. The third-order valence-electron chi connectivity index (χ3n) is 8.70. The number of aromatic nitrogens is 1. The Balaban J connectivity index is 1.24. The first-order chi connectivity index (χ1) is 22.6. The standard InChI is InChI=1S/C42H50N4/c1-5-6-7-8-9-14-22-33(2)43-30-20-11-10-15-23-35-24-21-25-36(31-35)32-46-41(38-28-18-13-19-29-38)40(37-26-16-12-17-27-37)39-34(3)44-45(4)42(39)46/h12-13,16-19,21,24-29,31,43-44H,2-3,5-11,14,20,22,30,32H2,1,4H3. The van der Waals surface area contributed by atoms with Gasteiger partial charge in [-0.15, -0.1) is 0 Å². The van der Waals surface area contributed by atoms with E-state index in [0.717, 1.165) is 61.4 Å². The topological polar surface area (TPSA) is 32.2 Å². The maximum absolute atomic E-state index is 4.40. The number of anilines is 1. The maximum Gasteiger partial charge on any atom is 0.138 e. The summed E-state index contributed by atoms with van der Waals surface area (Å²) in [5, 5.41) is 5.61. The fourth-order valence-electron chi connectivity index (χ4n) is 6.39. The molecule has 1 aliphatic heterocycles. The molecule has 1 aliphatic rings. The lowest BCUT2D eigenvalue weighted by molar-refractivity contribution is 0.590. The van der Waals surface area contributed by atoms with Crippen LogP contribution in [0.25, 0.3) is 28.1 Å². The fraction of sp³-hybridized carbons (Fsp3) is 0.333. The Labute approximate surface area is 277 Å². The van der Waals surface area contributed by atoms with Gasteiger partial charge >= 0.3 is 0 Å². The van der Waals surface area contributed by atoms with Gasteiger partial charge in [0, 0.05) is 43.4 Å². The van der Waals surface area contributed by atoms with Crippen molar-refractivity contribution in [3.63, 3.8) is 0 Å². The van der Waals surface area contributed by atoms with Crippen LogP contribution in [0.2, 0.25) is 0 Å². The van der Waals surface area contributed by atoms with E-state index in [1.54, 1.807) is 0 Å². The number of rotatable bonds is 16. The Bertz CT molecular complexity index is 1650. The first-order valence-electron chi connectivity index (χ1n) is 17.1. The summed E-state index contributed by atoms with van der Waals surface area (Å²) >= 11 is 0. The van der Waals surface area contributed by atoms with Crippen LogP contribution in [0, 0.1) is 11.8 Å². The summed E-state index contributed by atoms with van der Waals surface area (Å²) in [5.74, 6) is 7.98. The predicted molar refractivity (Wildman–Crippen MR) is 197 cm³/mol. The van der Waals surface area contributed by atoms with Crippen molar-refractivity contribution < 1.29 is 0 Å². The molecule has 5 rings (SSSR count). The highest BCUT2D eigenvalue weighted by atomic mass is 15.6. The van der Waals surface area contributed by atoms with Crippen LogP contribution in [0.15, 0.2) is 104 Å². The summed E-state index contributed by atoms with van der Waals surface area (Å²) in [4.78, 5) is 0. The molecule has 0 radical (unpaired) electrons. The Hall–Kier alpha value is -4.62. The van der Waals surface area contributed by atoms with E-state index in [-0.39, 0.29) is 0 Å². The zero-order valence-electron chi connectivity index (χ0n) is 27.9. The smallest absolute Gasteiger partial charge is 0.138 e. The van der Waals surface area contributed by atoms with Gasteiger partial charge in [-0.25, -0.2) is 0 Å². The molecule has 0 atom stereocenters. The fourth-order valence-corrected chi connectivity index (χ4v) is 6.39. The van der Waals surface area contributed by atoms with Crippen LogP contribution in [-0.4, -0.2) is 18.2 Å². The van der Waals surface area contributed by atoms with Gasteiger partial charge in [-0.2, -0.15) is 0 Å². The molecule has 0 saturated carbocycles. The monoisotopic (exact) mass is 610 g/mol. The van der Waals surface area contributed by atoms with Crippen LogP contribution in [0.5, 0.6) is 0 Å². The summed E-state index contributed by atoms with van der Waals surface area (Å²) < 4.78 is 2.43. The van der Waals surface area contributed by atoms with Crippen LogP contribution in [-0.2, 0) is 6.54 Å². The van der Waals surface area contributed by atoms with Crippen molar-refractivity contribution in [2.75, 3.05) is 18.6 Å². The lowest BCUT2D eigenvalue weighted by atomic mass is 9.96. The maximum atomic E-state index is 4.40. The van der Waals surface area contributed by atoms with Crippen LogP contribution in [0.3, 0.4) is 0 Å². The third kappa shape index (κ3) is 8.34. The number of unbranched alkanes of at least 4 members (excludes halogenated alkanes) is 7. The van der Waals surface area contributed by atoms with Gasteiger partial charge in [-0.05, 0) is 54.5 Å². The van der Waals surface area contributed by atoms with Gasteiger partial charge in [0.1, 0.15) is 5.82 Å². The number of benzene rings is 3. The molecule has 0 saturated heterocycles. The van der Waals surface area contributed by atoms with Gasteiger partial charge in [-0.1, -0.05) is 137 Å². The van der Waals surface area contributed by atoms with Gasteiger partial charge in [0.05, 0.1) is 17.0 Å². The number of hydrazine groups is 1. The summed E-state index contributed by atoms with van der Waals surface area (Å²) in [6, 6.07) is 30.1. The summed E-state index contributed by atoms with van der Waals surface area (Å²) in [6.45, 7) is 12.6. The van der Waals surface area contributed by atoms with Gasteiger partial charge in [0.15, 0.2) is 0 Å².